The average molecular weight is 515 g/mol. The number of methoxy groups -OCH3 is 1. The molecule has 0 saturated heterocycles. The maximum absolute atomic E-state index is 12.7. The third kappa shape index (κ3) is 5.52. The number of hydrogen-bond acceptors (Lipinski definition) is 7. The minimum atomic E-state index is -0.762. The Morgan fingerprint density at radius 2 is 1.97 bits per heavy atom. The molecule has 0 aliphatic rings. The highest BCUT2D eigenvalue weighted by Crippen LogP contribution is 2.27. The van der Waals surface area contributed by atoms with E-state index in [0.29, 0.717) is 34.2 Å². The number of carbonyl (C=O) groups excluding carboxylic acids is 1. The standard InChI is InChI=1S/C22H20Cl2N8O3/c1-12(33)4-5-14-6-7-31(29-14)21-16(23)8-15(10-26-21)27-22(34)28-17-11-25-19-9-18(24)30-32(19)20(17)13(2)35-3/h6-13,33H,1-3H3,(H2,27,28,34)/t12-,13+/m1/s1. The number of amides is 2. The van der Waals surface area contributed by atoms with Crippen LogP contribution in [0.3, 0.4) is 0 Å². The van der Waals surface area contributed by atoms with Gasteiger partial charge in [-0.1, -0.05) is 29.1 Å². The van der Waals surface area contributed by atoms with Gasteiger partial charge in [0.25, 0.3) is 0 Å². The second-order valence-electron chi connectivity index (χ2n) is 7.37. The predicted octanol–water partition coefficient (Wildman–Crippen LogP) is 3.70. The Morgan fingerprint density at radius 1 is 1.17 bits per heavy atom. The molecular weight excluding hydrogens is 495 g/mol. The molecular formula is C22H20Cl2N8O3. The van der Waals surface area contributed by atoms with E-state index in [4.69, 9.17) is 27.9 Å². The number of anilines is 2. The molecule has 0 aromatic carbocycles. The number of fused-ring (bicyclic) bond motifs is 1. The van der Waals surface area contributed by atoms with Crippen molar-refractivity contribution in [2.75, 3.05) is 17.7 Å². The van der Waals surface area contributed by atoms with E-state index in [9.17, 15) is 9.90 Å². The predicted molar refractivity (Wildman–Crippen MR) is 131 cm³/mol. The average Bonchev–Trinajstić information content (AvgIpc) is 3.43. The minimum Gasteiger partial charge on any atom is -0.381 e. The van der Waals surface area contributed by atoms with Crippen LogP contribution in [0.1, 0.15) is 31.3 Å². The fourth-order valence-corrected chi connectivity index (χ4v) is 3.59. The molecule has 4 aromatic rings. The number of halogens is 2. The van der Waals surface area contributed by atoms with Crippen molar-refractivity contribution in [2.45, 2.75) is 26.1 Å². The number of ether oxygens (including phenoxy) is 1. The van der Waals surface area contributed by atoms with Gasteiger partial charge in [-0.05, 0) is 31.9 Å². The number of aromatic nitrogens is 6. The summed E-state index contributed by atoms with van der Waals surface area (Å²) in [7, 11) is 1.55. The molecule has 0 aliphatic carbocycles. The largest absolute Gasteiger partial charge is 0.381 e. The van der Waals surface area contributed by atoms with Gasteiger partial charge in [0.15, 0.2) is 16.6 Å². The smallest absolute Gasteiger partial charge is 0.323 e. The maximum Gasteiger partial charge on any atom is 0.323 e. The van der Waals surface area contributed by atoms with E-state index in [1.54, 1.807) is 38.4 Å². The molecule has 2 amide bonds. The fraction of sp³-hybridized carbons (Fsp3) is 0.227. The molecule has 0 fully saturated rings. The van der Waals surface area contributed by atoms with Crippen molar-refractivity contribution >= 4 is 46.3 Å². The normalized spacial score (nSPS) is 12.6. The van der Waals surface area contributed by atoms with Crippen LogP contribution in [0, 0.1) is 11.8 Å². The number of carbonyl (C=O) groups is 1. The van der Waals surface area contributed by atoms with Crippen LogP contribution in [0.4, 0.5) is 16.2 Å². The van der Waals surface area contributed by atoms with E-state index < -0.39 is 18.2 Å². The van der Waals surface area contributed by atoms with Gasteiger partial charge in [0.2, 0.25) is 0 Å². The SMILES string of the molecule is CO[C@@H](C)c1c(NC(=O)Nc2cnc(-n3ccc(C#C[C@@H](C)O)n3)c(Cl)c2)cnc2cc(Cl)nn12. The zero-order valence-electron chi connectivity index (χ0n) is 18.8. The van der Waals surface area contributed by atoms with Crippen molar-refractivity contribution in [1.29, 1.82) is 0 Å². The van der Waals surface area contributed by atoms with Gasteiger partial charge < -0.3 is 20.5 Å². The van der Waals surface area contributed by atoms with E-state index in [1.165, 1.54) is 21.6 Å². The van der Waals surface area contributed by atoms with Gasteiger partial charge in [0.1, 0.15) is 11.8 Å². The molecule has 35 heavy (non-hydrogen) atoms. The van der Waals surface area contributed by atoms with Crippen molar-refractivity contribution in [3.05, 3.63) is 58.4 Å². The molecule has 0 spiro atoms. The Kier molecular flexibility index (Phi) is 7.18. The first-order valence-corrected chi connectivity index (χ1v) is 11.1. The monoisotopic (exact) mass is 514 g/mol. The van der Waals surface area contributed by atoms with E-state index in [1.807, 2.05) is 6.92 Å². The molecule has 4 heterocycles. The van der Waals surface area contributed by atoms with Gasteiger partial charge in [0.05, 0.1) is 40.6 Å². The number of rotatable bonds is 5. The number of aliphatic hydroxyl groups excluding tert-OH is 1. The van der Waals surface area contributed by atoms with Crippen LogP contribution in [0.5, 0.6) is 0 Å². The summed E-state index contributed by atoms with van der Waals surface area (Å²) >= 11 is 12.4. The molecule has 0 bridgehead atoms. The summed E-state index contributed by atoms with van der Waals surface area (Å²) in [5, 5.41) is 23.7. The van der Waals surface area contributed by atoms with E-state index in [2.05, 4.69) is 42.6 Å². The molecule has 0 saturated carbocycles. The van der Waals surface area contributed by atoms with Gasteiger partial charge in [0, 0.05) is 19.4 Å². The zero-order chi connectivity index (χ0) is 25.1. The number of aliphatic hydroxyl groups is 1. The lowest BCUT2D eigenvalue weighted by molar-refractivity contribution is 0.114. The Hall–Kier alpha value is -3.69. The van der Waals surface area contributed by atoms with Crippen LogP contribution in [0.2, 0.25) is 10.2 Å². The number of pyridine rings is 1. The van der Waals surface area contributed by atoms with Crippen molar-refractivity contribution < 1.29 is 14.6 Å². The van der Waals surface area contributed by atoms with Gasteiger partial charge in [-0.3, -0.25) is 0 Å². The van der Waals surface area contributed by atoms with E-state index in [0.717, 1.165) is 0 Å². The molecule has 180 valence electrons. The summed E-state index contributed by atoms with van der Waals surface area (Å²) in [6.07, 6.45) is 3.41. The molecule has 4 aromatic heterocycles. The lowest BCUT2D eigenvalue weighted by Gasteiger charge is -2.17. The highest BCUT2D eigenvalue weighted by Gasteiger charge is 2.19. The first-order chi connectivity index (χ1) is 16.7. The summed E-state index contributed by atoms with van der Waals surface area (Å²) in [4.78, 5) is 21.3. The quantitative estimate of drug-likeness (QED) is 0.346. The summed E-state index contributed by atoms with van der Waals surface area (Å²) in [5.41, 5.74) is 2.29. The van der Waals surface area contributed by atoms with Crippen LogP contribution >= 0.6 is 23.2 Å². The van der Waals surface area contributed by atoms with Gasteiger partial charge in [-0.15, -0.1) is 0 Å². The number of hydrogen-bond donors (Lipinski definition) is 3. The van der Waals surface area contributed by atoms with Crippen LogP contribution in [-0.2, 0) is 4.74 Å². The molecule has 3 N–H and O–H groups in total. The van der Waals surface area contributed by atoms with Gasteiger partial charge in [-0.2, -0.15) is 10.2 Å². The Balaban J connectivity index is 1.52. The highest BCUT2D eigenvalue weighted by atomic mass is 35.5. The first-order valence-electron chi connectivity index (χ1n) is 10.3. The van der Waals surface area contributed by atoms with Crippen molar-refractivity contribution in [3.63, 3.8) is 0 Å². The van der Waals surface area contributed by atoms with E-state index >= 15 is 0 Å². The first kappa shape index (κ1) is 24.4. The molecule has 0 radical (unpaired) electrons. The molecule has 2 atom stereocenters. The summed E-state index contributed by atoms with van der Waals surface area (Å²) in [6, 6.07) is 4.27. The molecule has 4 rings (SSSR count). The van der Waals surface area contributed by atoms with Crippen LogP contribution < -0.4 is 10.6 Å². The number of urea groups is 1. The Labute approximate surface area is 210 Å². The lowest BCUT2D eigenvalue weighted by atomic mass is 10.2. The van der Waals surface area contributed by atoms with Crippen LogP contribution in [0.25, 0.3) is 11.5 Å². The minimum absolute atomic E-state index is 0.254. The maximum atomic E-state index is 12.7. The lowest BCUT2D eigenvalue weighted by Crippen LogP contribution is -2.22. The fourth-order valence-electron chi connectivity index (χ4n) is 3.16. The highest BCUT2D eigenvalue weighted by molar-refractivity contribution is 6.32. The summed E-state index contributed by atoms with van der Waals surface area (Å²) in [6.45, 7) is 3.37. The Morgan fingerprint density at radius 3 is 2.69 bits per heavy atom. The van der Waals surface area contributed by atoms with Gasteiger partial charge in [-0.25, -0.2) is 24.0 Å². The molecule has 13 heteroatoms. The second-order valence-corrected chi connectivity index (χ2v) is 8.17. The Bertz CT molecular complexity index is 1450. The molecule has 0 aliphatic heterocycles. The topological polar surface area (TPSA) is 131 Å². The van der Waals surface area contributed by atoms with E-state index in [-0.39, 0.29) is 10.2 Å². The second kappa shape index (κ2) is 10.3. The van der Waals surface area contributed by atoms with Crippen LogP contribution in [0.15, 0.2) is 36.8 Å². The summed E-state index contributed by atoms with van der Waals surface area (Å²) in [5.74, 6) is 5.71. The molecule has 11 nitrogen and oxygen atoms in total. The number of nitrogens with one attached hydrogen (secondary N) is 2. The van der Waals surface area contributed by atoms with Crippen molar-refractivity contribution in [3.8, 4) is 17.7 Å². The van der Waals surface area contributed by atoms with Crippen molar-refractivity contribution in [2.24, 2.45) is 0 Å². The molecule has 0 unspecified atom stereocenters. The number of nitrogens with zero attached hydrogens (tertiary/aromatic N) is 6. The third-order valence-corrected chi connectivity index (χ3v) is 5.24. The van der Waals surface area contributed by atoms with Crippen LogP contribution in [-0.4, -0.2) is 53.7 Å². The summed E-state index contributed by atoms with van der Waals surface area (Å²) < 4.78 is 8.40. The zero-order valence-corrected chi connectivity index (χ0v) is 20.3. The third-order valence-electron chi connectivity index (χ3n) is 4.77. The van der Waals surface area contributed by atoms with Gasteiger partial charge >= 0.3 is 6.03 Å². The van der Waals surface area contributed by atoms with Crippen molar-refractivity contribution in [1.82, 2.24) is 29.4 Å².